The Kier molecular flexibility index (Phi) is 11.4. The normalized spacial score (nSPS) is 15.2. The first-order valence-corrected chi connectivity index (χ1v) is 28.8. The monoisotopic (exact) mass is 994 g/mol. The summed E-state index contributed by atoms with van der Waals surface area (Å²) in [6.45, 7) is 0. The topological polar surface area (TPSA) is 43.6 Å². The Morgan fingerprint density at radius 3 is 1.48 bits per heavy atom. The molecule has 0 amide bonds. The van der Waals surface area contributed by atoms with Gasteiger partial charge < -0.3 is 0 Å². The molecule has 0 bridgehead atoms. The molecule has 1 atom stereocenters. The number of benzene rings is 9. The highest BCUT2D eigenvalue weighted by atomic mass is 32.2. The van der Waals surface area contributed by atoms with Gasteiger partial charge in [0.15, 0.2) is 19.7 Å². The van der Waals surface area contributed by atoms with Gasteiger partial charge in [-0.1, -0.05) is 254 Å². The van der Waals surface area contributed by atoms with Crippen molar-refractivity contribution in [3.63, 3.8) is 0 Å². The van der Waals surface area contributed by atoms with Crippen molar-refractivity contribution in [2.45, 2.75) is 30.1 Å². The van der Waals surface area contributed by atoms with E-state index in [1.54, 1.807) is 0 Å². The molecule has 3 heterocycles. The van der Waals surface area contributed by atoms with E-state index < -0.39 is 8.07 Å². The molecule has 75 heavy (non-hydrogen) atoms. The van der Waals surface area contributed by atoms with Gasteiger partial charge in [-0.05, 0) is 113 Å². The molecule has 6 heteroatoms. The maximum absolute atomic E-state index is 5.61. The van der Waals surface area contributed by atoms with Gasteiger partial charge in [-0.2, -0.15) is 9.97 Å². The number of thioether (sulfide) groups is 1. The van der Waals surface area contributed by atoms with E-state index in [2.05, 4.69) is 265 Å². The van der Waals surface area contributed by atoms with E-state index in [1.165, 1.54) is 80.3 Å². The van der Waals surface area contributed by atoms with Gasteiger partial charge in [-0.3, -0.25) is 4.57 Å². The summed E-state index contributed by atoms with van der Waals surface area (Å²) in [6.07, 6.45) is 12.0. The van der Waals surface area contributed by atoms with Crippen molar-refractivity contribution in [1.82, 2.24) is 19.5 Å². The summed E-state index contributed by atoms with van der Waals surface area (Å²) in [5.41, 5.74) is 12.9. The van der Waals surface area contributed by atoms with Crippen LogP contribution in [0.15, 0.2) is 276 Å². The van der Waals surface area contributed by atoms with Crippen LogP contribution in [0.2, 0.25) is 0 Å². The number of para-hydroxylation sites is 2. The third kappa shape index (κ3) is 7.97. The Balaban J connectivity index is 1.01. The zero-order valence-electron chi connectivity index (χ0n) is 41.2. The fraction of sp³-hybridized carbons (Fsp3) is 0.0580. The molecule has 0 saturated heterocycles. The lowest BCUT2D eigenvalue weighted by Crippen LogP contribution is -2.68. The van der Waals surface area contributed by atoms with Crippen molar-refractivity contribution >= 4 is 68.3 Å². The minimum absolute atomic E-state index is 0.267. The number of hydrogen-bond acceptors (Lipinski definition) is 4. The minimum atomic E-state index is -3.24. The lowest BCUT2D eigenvalue weighted by Gasteiger charge is -2.37. The Morgan fingerprint density at radius 1 is 0.440 bits per heavy atom. The summed E-state index contributed by atoms with van der Waals surface area (Å²) in [7, 11) is -3.24. The van der Waals surface area contributed by atoms with Crippen LogP contribution in [0.4, 0.5) is 0 Å². The molecule has 0 N–H and O–H groups in total. The first-order valence-electron chi connectivity index (χ1n) is 26.0. The second-order valence-corrected chi connectivity index (χ2v) is 24.7. The molecular weight excluding hydrogens is 945 g/mol. The predicted octanol–water partition coefficient (Wildman–Crippen LogP) is 15.3. The summed E-state index contributed by atoms with van der Waals surface area (Å²) in [5, 5.41) is 7.60. The van der Waals surface area contributed by atoms with E-state index in [9.17, 15) is 0 Å². The second-order valence-electron chi connectivity index (χ2n) is 19.8. The fourth-order valence-electron chi connectivity index (χ4n) is 11.9. The molecule has 3 aliphatic rings. The fourth-order valence-corrected chi connectivity index (χ4v) is 18.1. The van der Waals surface area contributed by atoms with Crippen LogP contribution in [0.25, 0.3) is 72.3 Å². The molecule has 11 aromatic rings. The van der Waals surface area contributed by atoms with Crippen LogP contribution in [0, 0.1) is 0 Å². The molecule has 356 valence electrons. The average Bonchev–Trinajstić information content (AvgIpc) is 4.06. The molecule has 1 unspecified atom stereocenters. The number of hydrogen-bond donors (Lipinski definition) is 0. The van der Waals surface area contributed by atoms with E-state index in [4.69, 9.17) is 15.0 Å². The quantitative estimate of drug-likeness (QED) is 0.101. The maximum atomic E-state index is 5.61. The number of allylic oxidation sites excluding steroid dienone is 8. The third-order valence-electron chi connectivity index (χ3n) is 15.5. The molecule has 1 aliphatic heterocycles. The molecule has 2 aliphatic carbocycles. The molecule has 4 nitrogen and oxygen atoms in total. The van der Waals surface area contributed by atoms with Crippen LogP contribution in [-0.4, -0.2) is 27.6 Å². The molecule has 14 rings (SSSR count). The summed E-state index contributed by atoms with van der Waals surface area (Å²) in [6, 6.07) is 86.8. The molecule has 9 aromatic carbocycles. The SMILES string of the molecule is C1=C(c2nc(C3=CC=C4Sc5ccccc5C4C3)nc(-n3c4ccccc4c4ccccc43)n2)CCC=C1[Si](c1cccc(-c2ccccc2)c1)(c1cccc(-c2ccccc2)c1)c1cccc(-c2ccccc2)c1. The lowest BCUT2D eigenvalue weighted by atomic mass is 9.88. The molecule has 2 aromatic heterocycles. The number of aromatic nitrogens is 4. The zero-order valence-corrected chi connectivity index (χ0v) is 43.0. The van der Waals surface area contributed by atoms with Gasteiger partial charge in [0.2, 0.25) is 5.95 Å². The van der Waals surface area contributed by atoms with E-state index in [1.807, 2.05) is 11.8 Å². The van der Waals surface area contributed by atoms with Crippen molar-refractivity contribution in [2.24, 2.45) is 0 Å². The van der Waals surface area contributed by atoms with Crippen molar-refractivity contribution < 1.29 is 0 Å². The summed E-state index contributed by atoms with van der Waals surface area (Å²) in [4.78, 5) is 19.4. The average molecular weight is 995 g/mol. The van der Waals surface area contributed by atoms with Crippen molar-refractivity contribution in [3.8, 4) is 39.3 Å². The minimum Gasteiger partial charge on any atom is -0.278 e. The van der Waals surface area contributed by atoms with Crippen molar-refractivity contribution in [2.75, 3.05) is 0 Å². The lowest BCUT2D eigenvalue weighted by molar-refractivity contribution is 0.826. The molecular formula is C69H50N4SSi. The Labute approximate surface area is 442 Å². The predicted molar refractivity (Wildman–Crippen MR) is 315 cm³/mol. The highest BCUT2D eigenvalue weighted by Crippen LogP contribution is 2.53. The van der Waals surface area contributed by atoms with E-state index >= 15 is 0 Å². The van der Waals surface area contributed by atoms with E-state index in [0.717, 1.165) is 53.1 Å². The van der Waals surface area contributed by atoms with Gasteiger partial charge in [0.1, 0.15) is 0 Å². The standard InChI is InChI=1S/C69H50N4SSi/c1-4-20-47(21-5-1)50-26-16-30-55(42-50)75(56-31-17-27-51(43-56)48-22-6-2-7-23-48,57-32-18-28-52(44-57)49-24-8-3-9-25-49)58-33-19-29-53(45-58)67-70-68(54-40-41-66-62(46-54)61-36-12-15-39-65(61)74-66)72-69(71-67)73-63-37-13-10-34-59(63)60-35-11-14-38-64(60)73/h1-18,20-28,30-45,62H,19,29,46H2. The van der Waals surface area contributed by atoms with Crippen LogP contribution >= 0.6 is 11.8 Å². The Hall–Kier alpha value is -8.68. The van der Waals surface area contributed by atoms with Gasteiger partial charge in [-0.15, -0.1) is 0 Å². The van der Waals surface area contributed by atoms with Crippen molar-refractivity contribution in [1.29, 1.82) is 0 Å². The molecule has 0 saturated carbocycles. The Morgan fingerprint density at radius 2 is 0.920 bits per heavy atom. The smallest absolute Gasteiger partial charge is 0.238 e. The van der Waals surface area contributed by atoms with Gasteiger partial charge in [0, 0.05) is 21.6 Å². The van der Waals surface area contributed by atoms with E-state index in [0.29, 0.717) is 5.95 Å². The highest BCUT2D eigenvalue weighted by molar-refractivity contribution is 8.03. The largest absolute Gasteiger partial charge is 0.278 e. The van der Waals surface area contributed by atoms with Crippen LogP contribution in [0.5, 0.6) is 0 Å². The van der Waals surface area contributed by atoms with Gasteiger partial charge in [0.05, 0.1) is 11.0 Å². The molecule has 0 radical (unpaired) electrons. The van der Waals surface area contributed by atoms with Crippen LogP contribution in [0.3, 0.4) is 0 Å². The number of nitrogens with zero attached hydrogens (tertiary/aromatic N) is 4. The van der Waals surface area contributed by atoms with Crippen LogP contribution in [0.1, 0.15) is 42.4 Å². The number of rotatable bonds is 10. The summed E-state index contributed by atoms with van der Waals surface area (Å²) >= 11 is 1.89. The summed E-state index contributed by atoms with van der Waals surface area (Å²) in [5.74, 6) is 2.34. The second kappa shape index (κ2) is 19.0. The summed E-state index contributed by atoms with van der Waals surface area (Å²) < 4.78 is 2.25. The zero-order chi connectivity index (χ0) is 49.7. The molecule has 0 spiro atoms. The van der Waals surface area contributed by atoms with E-state index in [-0.39, 0.29) is 5.92 Å². The first-order chi connectivity index (χ1) is 37.2. The van der Waals surface area contributed by atoms with Crippen LogP contribution < -0.4 is 15.6 Å². The first kappa shape index (κ1) is 45.0. The maximum Gasteiger partial charge on any atom is 0.238 e. The van der Waals surface area contributed by atoms with Crippen molar-refractivity contribution in [3.05, 3.63) is 288 Å². The highest BCUT2D eigenvalue weighted by Gasteiger charge is 2.44. The van der Waals surface area contributed by atoms with Gasteiger partial charge in [0.25, 0.3) is 0 Å². The third-order valence-corrected chi connectivity index (χ3v) is 21.5. The van der Waals surface area contributed by atoms with Gasteiger partial charge >= 0.3 is 0 Å². The molecule has 0 fully saturated rings. The van der Waals surface area contributed by atoms with Crippen LogP contribution in [-0.2, 0) is 0 Å². The van der Waals surface area contributed by atoms with Gasteiger partial charge in [-0.25, -0.2) is 4.98 Å². The number of fused-ring (bicyclic) bond motifs is 6. The Bertz CT molecular complexity index is 3880.